The van der Waals surface area contributed by atoms with E-state index in [1.165, 1.54) is 89.9 Å². The zero-order valence-electron chi connectivity index (χ0n) is 18.9. The van der Waals surface area contributed by atoms with Gasteiger partial charge >= 0.3 is 13.3 Å². The quantitative estimate of drug-likeness (QED) is 0.138. The third kappa shape index (κ3) is 20.8. The first kappa shape index (κ1) is 29.5. The fraction of sp³-hybridized carbons (Fsp3) is 0.955. The monoisotopic (exact) mass is 452 g/mol. The molecule has 0 aliphatic rings. The Balaban J connectivity index is 3.22. The molecule has 0 spiro atoms. The number of rotatable bonds is 22. The first-order valence-corrected chi connectivity index (χ1v) is 13.5. The number of carbonyl (C=O) groups excluding carboxylic acids is 1. The molecule has 0 amide bonds. The van der Waals surface area contributed by atoms with Gasteiger partial charge in [-0.1, -0.05) is 103 Å². The summed E-state index contributed by atoms with van der Waals surface area (Å²) in [5, 5.41) is 9.54. The third-order valence-corrected chi connectivity index (χ3v) is 5.69. The van der Waals surface area contributed by atoms with E-state index < -0.39 is 26.0 Å². The van der Waals surface area contributed by atoms with Crippen LogP contribution in [0.2, 0.25) is 0 Å². The summed E-state index contributed by atoms with van der Waals surface area (Å²) >= 11 is 0. The maximum atomic E-state index is 10.9. The van der Waals surface area contributed by atoms with E-state index in [9.17, 15) is 14.5 Å². The second kappa shape index (κ2) is 20.4. The van der Waals surface area contributed by atoms with Crippen molar-refractivity contribution in [1.82, 2.24) is 0 Å². The minimum Gasteiger partial charge on any atom is -0.454 e. The van der Waals surface area contributed by atoms with Crippen LogP contribution in [0.1, 0.15) is 110 Å². The normalized spacial score (nSPS) is 12.8. The fourth-order valence-electron chi connectivity index (χ4n) is 3.27. The van der Waals surface area contributed by atoms with Crippen LogP contribution in [-0.4, -0.2) is 46.5 Å². The summed E-state index contributed by atoms with van der Waals surface area (Å²) in [5.41, 5.74) is -1.63. The highest BCUT2D eigenvalue weighted by molar-refractivity contribution is 7.69. The van der Waals surface area contributed by atoms with Crippen LogP contribution >= 0.6 is 7.60 Å². The molecule has 7 nitrogen and oxygen atoms in total. The van der Waals surface area contributed by atoms with Crippen molar-refractivity contribution in [3.63, 3.8) is 0 Å². The molecule has 0 radical (unpaired) electrons. The Morgan fingerprint density at radius 2 is 1.13 bits per heavy atom. The van der Waals surface area contributed by atoms with Gasteiger partial charge in [0.15, 0.2) is 0 Å². The van der Waals surface area contributed by atoms with Crippen LogP contribution in [0.25, 0.3) is 0 Å². The van der Waals surface area contributed by atoms with E-state index in [-0.39, 0.29) is 6.61 Å². The lowest BCUT2D eigenvalue weighted by Gasteiger charge is -2.12. The summed E-state index contributed by atoms with van der Waals surface area (Å²) in [6.45, 7) is 2.27. The number of aliphatic hydroxyl groups is 1. The molecule has 30 heavy (non-hydrogen) atoms. The van der Waals surface area contributed by atoms with Gasteiger partial charge in [-0.05, 0) is 6.42 Å². The second-order valence-corrected chi connectivity index (χ2v) is 9.61. The van der Waals surface area contributed by atoms with E-state index in [2.05, 4.69) is 11.7 Å². The molecule has 0 fully saturated rings. The number of carbonyl (C=O) groups is 1. The van der Waals surface area contributed by atoms with Crippen molar-refractivity contribution < 1.29 is 33.7 Å². The van der Waals surface area contributed by atoms with E-state index in [0.29, 0.717) is 6.61 Å². The standard InChI is InChI=1S/C22H45O7P/c1-2-3-4-5-6-7-8-9-10-11-12-13-14-15-16-17-18-28-19-21(23)20-29-22(24)30(25,26)27/h21,23H,2-20H2,1H3,(H2,25,26,27)/t21-/m1/s1. The first-order valence-electron chi connectivity index (χ1n) is 11.9. The lowest BCUT2D eigenvalue weighted by molar-refractivity contribution is 0.00231. The summed E-state index contributed by atoms with van der Waals surface area (Å²) in [4.78, 5) is 28.0. The second-order valence-electron chi connectivity index (χ2n) is 8.15. The van der Waals surface area contributed by atoms with Gasteiger partial charge in [0.05, 0.1) is 6.61 Å². The predicted octanol–water partition coefficient (Wildman–Crippen LogP) is 5.94. The molecule has 1 atom stereocenters. The Kier molecular flexibility index (Phi) is 20.1. The van der Waals surface area contributed by atoms with Crippen LogP contribution in [0, 0.1) is 0 Å². The summed E-state index contributed by atoms with van der Waals surface area (Å²) in [6, 6.07) is 0. The molecule has 0 aromatic carbocycles. The average molecular weight is 453 g/mol. The summed E-state index contributed by atoms with van der Waals surface area (Å²) in [7, 11) is -4.89. The third-order valence-electron chi connectivity index (χ3n) is 5.09. The molecular weight excluding hydrogens is 407 g/mol. The molecule has 180 valence electrons. The van der Waals surface area contributed by atoms with Crippen LogP contribution in [0.4, 0.5) is 4.79 Å². The SMILES string of the molecule is CCCCCCCCCCCCCCCCCCOC[C@@H](O)COC(=O)P(=O)(O)O. The Bertz CT molecular complexity index is 439. The van der Waals surface area contributed by atoms with Gasteiger partial charge in [-0.15, -0.1) is 0 Å². The van der Waals surface area contributed by atoms with Crippen molar-refractivity contribution in [3.8, 4) is 0 Å². The number of ether oxygens (including phenoxy) is 2. The molecule has 0 aliphatic carbocycles. The van der Waals surface area contributed by atoms with Gasteiger partial charge in [0.25, 0.3) is 0 Å². The van der Waals surface area contributed by atoms with Crippen molar-refractivity contribution >= 4 is 13.3 Å². The van der Waals surface area contributed by atoms with Crippen LogP contribution in [0.3, 0.4) is 0 Å². The number of hydrogen-bond acceptors (Lipinski definition) is 5. The Labute approximate surface area is 183 Å². The molecule has 0 aromatic rings. The lowest BCUT2D eigenvalue weighted by atomic mass is 10.0. The van der Waals surface area contributed by atoms with Gasteiger partial charge in [0, 0.05) is 6.61 Å². The summed E-state index contributed by atoms with van der Waals surface area (Å²) in [6.07, 6.45) is 19.8. The topological polar surface area (TPSA) is 113 Å². The van der Waals surface area contributed by atoms with Crippen molar-refractivity contribution in [2.45, 2.75) is 116 Å². The smallest absolute Gasteiger partial charge is 0.433 e. The Morgan fingerprint density at radius 1 is 0.733 bits per heavy atom. The molecule has 0 heterocycles. The molecule has 0 saturated heterocycles. The van der Waals surface area contributed by atoms with Gasteiger partial charge in [-0.25, -0.2) is 9.36 Å². The number of unbranched alkanes of at least 4 members (excludes halogenated alkanes) is 15. The molecule has 0 rings (SSSR count). The molecular formula is C22H45O7P. The Hall–Kier alpha value is -0.460. The van der Waals surface area contributed by atoms with Crippen molar-refractivity contribution in [1.29, 1.82) is 0 Å². The van der Waals surface area contributed by atoms with Gasteiger partial charge in [-0.2, -0.15) is 0 Å². The average Bonchev–Trinajstić information content (AvgIpc) is 2.70. The number of hydrogen-bond donors (Lipinski definition) is 3. The van der Waals surface area contributed by atoms with Crippen molar-refractivity contribution in [3.05, 3.63) is 0 Å². The maximum Gasteiger partial charge on any atom is 0.433 e. The Morgan fingerprint density at radius 3 is 1.53 bits per heavy atom. The molecule has 0 unspecified atom stereocenters. The van der Waals surface area contributed by atoms with Gasteiger partial charge in [-0.3, -0.25) is 0 Å². The molecule has 0 bridgehead atoms. The molecule has 3 N–H and O–H groups in total. The summed E-state index contributed by atoms with van der Waals surface area (Å²) in [5.74, 6) is 0. The minimum atomic E-state index is -4.89. The van der Waals surface area contributed by atoms with Crippen LogP contribution < -0.4 is 0 Å². The highest BCUT2D eigenvalue weighted by Crippen LogP contribution is 2.36. The maximum absolute atomic E-state index is 10.9. The molecule has 0 saturated carbocycles. The van der Waals surface area contributed by atoms with E-state index in [0.717, 1.165) is 12.8 Å². The molecule has 8 heteroatoms. The highest BCUT2D eigenvalue weighted by Gasteiger charge is 2.28. The van der Waals surface area contributed by atoms with E-state index >= 15 is 0 Å². The first-order chi connectivity index (χ1) is 14.4. The lowest BCUT2D eigenvalue weighted by Crippen LogP contribution is -2.23. The molecule has 0 aliphatic heterocycles. The highest BCUT2D eigenvalue weighted by atomic mass is 31.2. The fourth-order valence-corrected chi connectivity index (χ4v) is 3.51. The zero-order valence-corrected chi connectivity index (χ0v) is 19.8. The zero-order chi connectivity index (χ0) is 22.5. The van der Waals surface area contributed by atoms with Crippen molar-refractivity contribution in [2.75, 3.05) is 19.8 Å². The minimum absolute atomic E-state index is 0.0207. The van der Waals surface area contributed by atoms with E-state index in [4.69, 9.17) is 14.5 Å². The van der Waals surface area contributed by atoms with Gasteiger partial charge in [0.1, 0.15) is 12.7 Å². The van der Waals surface area contributed by atoms with E-state index in [1.54, 1.807) is 0 Å². The van der Waals surface area contributed by atoms with Crippen molar-refractivity contribution in [2.24, 2.45) is 0 Å². The van der Waals surface area contributed by atoms with E-state index in [1.807, 2.05) is 0 Å². The molecule has 0 aromatic heterocycles. The number of aliphatic hydroxyl groups excluding tert-OH is 1. The van der Waals surface area contributed by atoms with Crippen LogP contribution in [-0.2, 0) is 14.0 Å². The predicted molar refractivity (Wildman–Crippen MR) is 120 cm³/mol. The van der Waals surface area contributed by atoms with Crippen LogP contribution in [0.15, 0.2) is 0 Å². The summed E-state index contributed by atoms with van der Waals surface area (Å²) < 4.78 is 20.2. The van der Waals surface area contributed by atoms with Gasteiger partial charge in [0.2, 0.25) is 0 Å². The van der Waals surface area contributed by atoms with Gasteiger partial charge < -0.3 is 24.4 Å². The largest absolute Gasteiger partial charge is 0.454 e. The van der Waals surface area contributed by atoms with Crippen LogP contribution in [0.5, 0.6) is 0 Å².